The fraction of sp³-hybridized carbons (Fsp3) is 0.650. The van der Waals surface area contributed by atoms with E-state index in [9.17, 15) is 0 Å². The van der Waals surface area contributed by atoms with Crippen LogP contribution >= 0.6 is 0 Å². The largest absolute Gasteiger partial charge is 0.354 e. The maximum Gasteiger partial charge on any atom is 0.180 e. The first-order valence-corrected chi connectivity index (χ1v) is 9.87. The summed E-state index contributed by atoms with van der Waals surface area (Å²) in [6.07, 6.45) is 7.85. The molecule has 0 bridgehead atoms. The summed E-state index contributed by atoms with van der Waals surface area (Å²) in [5.74, 6) is 1.93. The second-order valence-electron chi connectivity index (χ2n) is 7.75. The summed E-state index contributed by atoms with van der Waals surface area (Å²) in [4.78, 5) is 4.97. The quantitative estimate of drug-likeness (QED) is 0.904. The molecule has 136 valence electrons. The summed E-state index contributed by atoms with van der Waals surface area (Å²) in [6, 6.07) is 8.60. The van der Waals surface area contributed by atoms with Gasteiger partial charge < -0.3 is 15.2 Å². The van der Waals surface area contributed by atoms with Crippen LogP contribution in [-0.4, -0.2) is 48.8 Å². The molecule has 1 saturated carbocycles. The molecule has 0 amide bonds. The number of nitrogens with zero attached hydrogens (tertiary/aromatic N) is 3. The van der Waals surface area contributed by atoms with Gasteiger partial charge in [0, 0.05) is 32.2 Å². The minimum Gasteiger partial charge on any atom is -0.354 e. The third-order valence-corrected chi connectivity index (χ3v) is 6.01. The Morgan fingerprint density at radius 3 is 2.60 bits per heavy atom. The van der Waals surface area contributed by atoms with E-state index in [2.05, 4.69) is 27.1 Å². The monoisotopic (exact) mass is 342 g/mol. The van der Waals surface area contributed by atoms with E-state index < -0.39 is 0 Å². The highest BCUT2D eigenvalue weighted by Crippen LogP contribution is 2.28. The highest BCUT2D eigenvalue weighted by Gasteiger charge is 2.22. The van der Waals surface area contributed by atoms with Crippen molar-refractivity contribution >= 4 is 16.8 Å². The van der Waals surface area contributed by atoms with Crippen LogP contribution in [0, 0.1) is 5.92 Å². The Hall–Kier alpha value is -1.59. The molecular formula is C20H30N4O. The lowest BCUT2D eigenvalue weighted by molar-refractivity contribution is 0.233. The maximum atomic E-state index is 6.01. The van der Waals surface area contributed by atoms with Gasteiger partial charge in [-0.25, -0.2) is 0 Å². The van der Waals surface area contributed by atoms with Crippen molar-refractivity contribution in [1.29, 1.82) is 0 Å². The van der Waals surface area contributed by atoms with Gasteiger partial charge in [0.2, 0.25) is 0 Å². The average Bonchev–Trinajstić information content (AvgIpc) is 3.08. The summed E-state index contributed by atoms with van der Waals surface area (Å²) in [5, 5.41) is 5.43. The summed E-state index contributed by atoms with van der Waals surface area (Å²) in [5.41, 5.74) is 6.89. The number of benzene rings is 1. The van der Waals surface area contributed by atoms with Gasteiger partial charge in [0.25, 0.3) is 0 Å². The van der Waals surface area contributed by atoms with Crippen LogP contribution in [-0.2, 0) is 0 Å². The zero-order valence-electron chi connectivity index (χ0n) is 15.1. The molecule has 1 aliphatic carbocycles. The van der Waals surface area contributed by atoms with E-state index in [-0.39, 0.29) is 0 Å². The minimum absolute atomic E-state index is 0.469. The molecular weight excluding hydrogens is 312 g/mol. The molecule has 2 aromatic rings. The minimum atomic E-state index is 0.469. The molecule has 1 saturated heterocycles. The van der Waals surface area contributed by atoms with Crippen molar-refractivity contribution in [3.05, 3.63) is 24.3 Å². The van der Waals surface area contributed by atoms with E-state index >= 15 is 0 Å². The predicted molar refractivity (Wildman–Crippen MR) is 102 cm³/mol. The first-order chi connectivity index (χ1) is 12.3. The highest BCUT2D eigenvalue weighted by atomic mass is 16.5. The van der Waals surface area contributed by atoms with Crippen molar-refractivity contribution < 1.29 is 4.52 Å². The number of hydrogen-bond acceptors (Lipinski definition) is 5. The molecule has 2 fully saturated rings. The predicted octanol–water partition coefficient (Wildman–Crippen LogP) is 3.25. The summed E-state index contributed by atoms with van der Waals surface area (Å²) in [6.45, 7) is 5.55. The number of anilines is 1. The lowest BCUT2D eigenvalue weighted by Gasteiger charge is -2.35. The standard InChI is InChI=1S/C20H30N4O/c21-17-9-7-16(8-10-17)4-3-11-23-12-14-24(15-13-23)20-18-5-1-2-6-19(18)25-22-20/h1-2,5-6,16-17H,3-4,7-15,21H2. The van der Waals surface area contributed by atoms with Crippen LogP contribution in [0.3, 0.4) is 0 Å². The Bertz CT molecular complexity index is 669. The highest BCUT2D eigenvalue weighted by molar-refractivity contribution is 5.88. The van der Waals surface area contributed by atoms with Gasteiger partial charge in [-0.1, -0.05) is 17.3 Å². The van der Waals surface area contributed by atoms with E-state index in [4.69, 9.17) is 10.3 Å². The smallest absolute Gasteiger partial charge is 0.180 e. The number of nitrogens with two attached hydrogens (primary N) is 1. The van der Waals surface area contributed by atoms with Gasteiger partial charge in [0.15, 0.2) is 11.4 Å². The zero-order valence-corrected chi connectivity index (χ0v) is 15.1. The number of para-hydroxylation sites is 1. The molecule has 5 heteroatoms. The van der Waals surface area contributed by atoms with Crippen molar-refractivity contribution in [1.82, 2.24) is 10.1 Å². The lowest BCUT2D eigenvalue weighted by atomic mass is 9.84. The van der Waals surface area contributed by atoms with E-state index in [1.807, 2.05) is 12.1 Å². The van der Waals surface area contributed by atoms with Crippen molar-refractivity contribution in [2.45, 2.75) is 44.6 Å². The average molecular weight is 342 g/mol. The molecule has 0 atom stereocenters. The molecule has 1 aromatic heterocycles. The molecule has 0 radical (unpaired) electrons. The number of hydrogen-bond donors (Lipinski definition) is 1. The molecule has 2 heterocycles. The lowest BCUT2D eigenvalue weighted by Crippen LogP contribution is -2.46. The van der Waals surface area contributed by atoms with Gasteiger partial charge in [-0.15, -0.1) is 0 Å². The van der Waals surface area contributed by atoms with E-state index in [1.54, 1.807) is 0 Å². The maximum absolute atomic E-state index is 6.01. The molecule has 1 aromatic carbocycles. The molecule has 5 nitrogen and oxygen atoms in total. The zero-order chi connectivity index (χ0) is 17.1. The van der Waals surface area contributed by atoms with Crippen LogP contribution < -0.4 is 10.6 Å². The van der Waals surface area contributed by atoms with Crippen molar-refractivity contribution in [3.8, 4) is 0 Å². The number of rotatable bonds is 5. The fourth-order valence-electron chi connectivity index (χ4n) is 4.36. The Labute approximate surface area is 150 Å². The van der Waals surface area contributed by atoms with Gasteiger partial charge >= 0.3 is 0 Å². The Morgan fingerprint density at radius 1 is 1.04 bits per heavy atom. The fourth-order valence-corrected chi connectivity index (χ4v) is 4.36. The number of fused-ring (bicyclic) bond motifs is 1. The normalized spacial score (nSPS) is 25.6. The SMILES string of the molecule is NC1CCC(CCCN2CCN(c3noc4ccccc34)CC2)CC1. The molecule has 4 rings (SSSR count). The Balaban J connectivity index is 1.22. The van der Waals surface area contributed by atoms with Crippen molar-refractivity contribution in [3.63, 3.8) is 0 Å². The third-order valence-electron chi connectivity index (χ3n) is 6.01. The van der Waals surface area contributed by atoms with Crippen molar-refractivity contribution in [2.24, 2.45) is 11.7 Å². The van der Waals surface area contributed by atoms with Crippen LogP contribution in [0.25, 0.3) is 11.0 Å². The summed E-state index contributed by atoms with van der Waals surface area (Å²) >= 11 is 0. The van der Waals surface area contributed by atoms with Gasteiger partial charge in [0.05, 0.1) is 5.39 Å². The molecule has 2 aliphatic rings. The third kappa shape index (κ3) is 3.98. The van der Waals surface area contributed by atoms with Crippen LogP contribution in [0.2, 0.25) is 0 Å². The van der Waals surface area contributed by atoms with Crippen LogP contribution in [0.5, 0.6) is 0 Å². The Kier molecular flexibility index (Phi) is 5.22. The first kappa shape index (κ1) is 16.9. The van der Waals surface area contributed by atoms with Crippen LogP contribution in [0.4, 0.5) is 5.82 Å². The molecule has 2 N–H and O–H groups in total. The summed E-state index contributed by atoms with van der Waals surface area (Å²) < 4.78 is 5.45. The van der Waals surface area contributed by atoms with E-state index in [0.29, 0.717) is 6.04 Å². The topological polar surface area (TPSA) is 58.5 Å². The van der Waals surface area contributed by atoms with Gasteiger partial charge in [-0.3, -0.25) is 4.90 Å². The molecule has 1 aliphatic heterocycles. The first-order valence-electron chi connectivity index (χ1n) is 9.87. The second-order valence-corrected chi connectivity index (χ2v) is 7.75. The van der Waals surface area contributed by atoms with Gasteiger partial charge in [-0.2, -0.15) is 0 Å². The molecule has 0 unspecified atom stereocenters. The van der Waals surface area contributed by atoms with E-state index in [0.717, 1.165) is 48.9 Å². The van der Waals surface area contributed by atoms with Crippen molar-refractivity contribution in [2.75, 3.05) is 37.6 Å². The van der Waals surface area contributed by atoms with Crippen LogP contribution in [0.15, 0.2) is 28.8 Å². The van der Waals surface area contributed by atoms with Gasteiger partial charge in [0.1, 0.15) is 0 Å². The second kappa shape index (κ2) is 7.75. The van der Waals surface area contributed by atoms with E-state index in [1.165, 1.54) is 45.1 Å². The summed E-state index contributed by atoms with van der Waals surface area (Å²) in [7, 11) is 0. The van der Waals surface area contributed by atoms with Crippen LogP contribution in [0.1, 0.15) is 38.5 Å². The number of aromatic nitrogens is 1. The molecule has 0 spiro atoms. The molecule has 25 heavy (non-hydrogen) atoms. The Morgan fingerprint density at radius 2 is 1.80 bits per heavy atom. The van der Waals surface area contributed by atoms with Gasteiger partial charge in [-0.05, 0) is 63.1 Å². The number of piperazine rings is 1.